The van der Waals surface area contributed by atoms with E-state index in [1.165, 1.54) is 0 Å². The van der Waals surface area contributed by atoms with Gasteiger partial charge in [-0.1, -0.05) is 0 Å². The van der Waals surface area contributed by atoms with E-state index >= 15 is 0 Å². The Hall–Kier alpha value is -0.740. The Morgan fingerprint density at radius 2 is 2.09 bits per heavy atom. The average Bonchev–Trinajstić information content (AvgIpc) is 1.86. The molecule has 1 heterocycles. The number of halogens is 3. The van der Waals surface area contributed by atoms with Gasteiger partial charge >= 0.3 is 6.18 Å². The number of amides is 1. The largest absolute Gasteiger partial charge is 0.408 e. The first-order valence-corrected chi connectivity index (χ1v) is 3.36. The van der Waals surface area contributed by atoms with Gasteiger partial charge in [-0.2, -0.15) is 13.2 Å². The van der Waals surface area contributed by atoms with Crippen LogP contribution in [0.4, 0.5) is 13.2 Å². The number of nitrogens with one attached hydrogen (secondary N) is 1. The highest BCUT2D eigenvalue weighted by atomic mass is 19.4. The molecule has 1 amide bonds. The second-order valence-corrected chi connectivity index (χ2v) is 2.55. The maximum atomic E-state index is 11.9. The molecule has 0 bridgehead atoms. The topological polar surface area (TPSA) is 29.1 Å². The minimum Gasteiger partial charge on any atom is -0.344 e. The summed E-state index contributed by atoms with van der Waals surface area (Å²) in [4.78, 5) is 10.5. The Bertz CT molecular complexity index is 166. The molecule has 0 spiro atoms. The summed E-state index contributed by atoms with van der Waals surface area (Å²) in [6.45, 7) is 0. The Labute approximate surface area is 61.8 Å². The van der Waals surface area contributed by atoms with Crippen LogP contribution in [0.15, 0.2) is 0 Å². The van der Waals surface area contributed by atoms with E-state index in [-0.39, 0.29) is 12.8 Å². The van der Waals surface area contributed by atoms with Crippen LogP contribution < -0.4 is 5.32 Å². The lowest BCUT2D eigenvalue weighted by Gasteiger charge is -2.25. The van der Waals surface area contributed by atoms with Gasteiger partial charge in [0.1, 0.15) is 6.04 Å². The second kappa shape index (κ2) is 2.71. The Morgan fingerprint density at radius 3 is 2.45 bits per heavy atom. The molecule has 0 aromatic carbocycles. The van der Waals surface area contributed by atoms with Gasteiger partial charge in [-0.25, -0.2) is 0 Å². The van der Waals surface area contributed by atoms with Crippen molar-refractivity contribution >= 4 is 5.91 Å². The van der Waals surface area contributed by atoms with Crippen molar-refractivity contribution < 1.29 is 18.0 Å². The summed E-state index contributed by atoms with van der Waals surface area (Å²) < 4.78 is 35.7. The molecule has 2 nitrogen and oxygen atoms in total. The highest BCUT2D eigenvalue weighted by molar-refractivity contribution is 5.77. The monoisotopic (exact) mass is 167 g/mol. The molecule has 0 aromatic heterocycles. The van der Waals surface area contributed by atoms with Gasteiger partial charge in [0.2, 0.25) is 5.91 Å². The predicted molar refractivity (Wildman–Crippen MR) is 31.8 cm³/mol. The Kier molecular flexibility index (Phi) is 2.06. The van der Waals surface area contributed by atoms with E-state index in [4.69, 9.17) is 0 Å². The van der Waals surface area contributed by atoms with Gasteiger partial charge in [-0.15, -0.1) is 0 Å². The summed E-state index contributed by atoms with van der Waals surface area (Å²) in [7, 11) is 0. The van der Waals surface area contributed by atoms with E-state index in [2.05, 4.69) is 0 Å². The van der Waals surface area contributed by atoms with E-state index in [9.17, 15) is 18.0 Å². The minimum atomic E-state index is -4.28. The van der Waals surface area contributed by atoms with Crippen LogP contribution in [0.3, 0.4) is 0 Å². The molecule has 64 valence electrons. The SMILES string of the molecule is O=C1CCC[C@H](C(F)(F)F)N1. The van der Waals surface area contributed by atoms with Crippen molar-refractivity contribution in [3.63, 3.8) is 0 Å². The van der Waals surface area contributed by atoms with Gasteiger partial charge in [0.15, 0.2) is 0 Å². The fraction of sp³-hybridized carbons (Fsp3) is 0.833. The maximum absolute atomic E-state index is 11.9. The molecule has 5 heteroatoms. The molecule has 1 atom stereocenters. The van der Waals surface area contributed by atoms with Crippen LogP contribution >= 0.6 is 0 Å². The summed E-state index contributed by atoms with van der Waals surface area (Å²) in [5.74, 6) is -0.501. The molecule has 0 radical (unpaired) electrons. The van der Waals surface area contributed by atoms with Gasteiger partial charge in [-0.05, 0) is 12.8 Å². The van der Waals surface area contributed by atoms with Crippen LogP contribution in [0.2, 0.25) is 0 Å². The van der Waals surface area contributed by atoms with Crippen LogP contribution in [0.25, 0.3) is 0 Å². The lowest BCUT2D eigenvalue weighted by atomic mass is 10.0. The number of hydrogen-bond acceptors (Lipinski definition) is 1. The number of rotatable bonds is 0. The molecule has 1 N–H and O–H groups in total. The molecule has 0 unspecified atom stereocenters. The first-order valence-electron chi connectivity index (χ1n) is 3.36. The lowest BCUT2D eigenvalue weighted by molar-refractivity contribution is -0.166. The third kappa shape index (κ3) is 2.10. The third-order valence-corrected chi connectivity index (χ3v) is 1.63. The van der Waals surface area contributed by atoms with Crippen LogP contribution in [-0.2, 0) is 4.79 Å². The molecular weight excluding hydrogens is 159 g/mol. The zero-order valence-electron chi connectivity index (χ0n) is 5.74. The van der Waals surface area contributed by atoms with Gasteiger partial charge in [0.05, 0.1) is 0 Å². The molecule has 0 saturated carbocycles. The Balaban J connectivity index is 2.53. The van der Waals surface area contributed by atoms with Crippen molar-refractivity contribution in [1.82, 2.24) is 5.32 Å². The smallest absolute Gasteiger partial charge is 0.344 e. The van der Waals surface area contributed by atoms with Crippen molar-refractivity contribution in [1.29, 1.82) is 0 Å². The normalized spacial score (nSPS) is 26.5. The van der Waals surface area contributed by atoms with E-state index in [0.717, 1.165) is 0 Å². The van der Waals surface area contributed by atoms with Crippen molar-refractivity contribution in [3.05, 3.63) is 0 Å². The highest BCUT2D eigenvalue weighted by Gasteiger charge is 2.41. The van der Waals surface area contributed by atoms with Crippen LogP contribution in [-0.4, -0.2) is 18.1 Å². The quantitative estimate of drug-likeness (QED) is 0.577. The maximum Gasteiger partial charge on any atom is 0.408 e. The summed E-state index contributed by atoms with van der Waals surface area (Å²) >= 11 is 0. The molecular formula is C6H8F3NO. The van der Waals surface area contributed by atoms with E-state index in [1.54, 1.807) is 0 Å². The molecule has 1 aliphatic rings. The van der Waals surface area contributed by atoms with E-state index in [1.807, 2.05) is 5.32 Å². The molecule has 0 aromatic rings. The summed E-state index contributed by atoms with van der Waals surface area (Å²) in [6, 6.07) is -1.62. The lowest BCUT2D eigenvalue weighted by Crippen LogP contribution is -2.47. The van der Waals surface area contributed by atoms with Gasteiger partial charge in [0, 0.05) is 6.42 Å². The van der Waals surface area contributed by atoms with Crippen molar-refractivity contribution in [2.24, 2.45) is 0 Å². The van der Waals surface area contributed by atoms with Crippen molar-refractivity contribution in [2.75, 3.05) is 0 Å². The molecule has 1 rings (SSSR count). The van der Waals surface area contributed by atoms with Gasteiger partial charge in [0.25, 0.3) is 0 Å². The molecule has 1 fully saturated rings. The van der Waals surface area contributed by atoms with Crippen LogP contribution in [0, 0.1) is 0 Å². The molecule has 11 heavy (non-hydrogen) atoms. The number of alkyl halides is 3. The summed E-state index contributed by atoms with van der Waals surface area (Å²) in [6.07, 6.45) is -3.73. The summed E-state index contributed by atoms with van der Waals surface area (Å²) in [5.41, 5.74) is 0. The Morgan fingerprint density at radius 1 is 1.45 bits per heavy atom. The van der Waals surface area contributed by atoms with Gasteiger partial charge < -0.3 is 5.32 Å². The fourth-order valence-electron chi connectivity index (χ4n) is 1.05. The highest BCUT2D eigenvalue weighted by Crippen LogP contribution is 2.26. The van der Waals surface area contributed by atoms with Gasteiger partial charge in [-0.3, -0.25) is 4.79 Å². The van der Waals surface area contributed by atoms with Crippen molar-refractivity contribution in [3.8, 4) is 0 Å². The van der Waals surface area contributed by atoms with Crippen molar-refractivity contribution in [2.45, 2.75) is 31.5 Å². The molecule has 0 aliphatic carbocycles. The number of hydrogen-bond donors (Lipinski definition) is 1. The molecule has 1 saturated heterocycles. The molecule has 1 aliphatic heterocycles. The van der Waals surface area contributed by atoms with E-state index in [0.29, 0.717) is 6.42 Å². The first kappa shape index (κ1) is 8.36. The van der Waals surface area contributed by atoms with Crippen LogP contribution in [0.1, 0.15) is 19.3 Å². The second-order valence-electron chi connectivity index (χ2n) is 2.55. The number of piperidine rings is 1. The minimum absolute atomic E-state index is 0.00917. The zero-order valence-corrected chi connectivity index (χ0v) is 5.74. The number of carbonyl (C=O) groups excluding carboxylic acids is 1. The van der Waals surface area contributed by atoms with E-state index < -0.39 is 18.1 Å². The average molecular weight is 167 g/mol. The predicted octanol–water partition coefficient (Wildman–Crippen LogP) is 1.22. The fourth-order valence-corrected chi connectivity index (χ4v) is 1.05. The van der Waals surface area contributed by atoms with Crippen LogP contribution in [0.5, 0.6) is 0 Å². The third-order valence-electron chi connectivity index (χ3n) is 1.63. The summed E-state index contributed by atoms with van der Waals surface area (Å²) in [5, 5.41) is 1.89. The first-order chi connectivity index (χ1) is 5.00. The standard InChI is InChI=1S/C6H8F3NO/c7-6(8,9)4-2-1-3-5(11)10-4/h4H,1-3H2,(H,10,11)/t4-/m1/s1. The zero-order chi connectivity index (χ0) is 8.48. The number of carbonyl (C=O) groups is 1.